The van der Waals surface area contributed by atoms with Crippen molar-refractivity contribution in [1.82, 2.24) is 4.98 Å². The van der Waals surface area contributed by atoms with Gasteiger partial charge in [0.15, 0.2) is 0 Å². The highest BCUT2D eigenvalue weighted by atomic mass is 35.5. The Bertz CT molecular complexity index is 277. The molecule has 0 aromatic carbocycles. The topological polar surface area (TPSA) is 70.4 Å². The van der Waals surface area contributed by atoms with Crippen molar-refractivity contribution < 1.29 is 15.0 Å². The van der Waals surface area contributed by atoms with Crippen LogP contribution in [0.1, 0.15) is 16.1 Å². The van der Waals surface area contributed by atoms with E-state index in [9.17, 15) is 4.79 Å². The Kier molecular flexibility index (Phi) is 4.25. The van der Waals surface area contributed by atoms with Crippen LogP contribution in [0.2, 0.25) is 0 Å². The van der Waals surface area contributed by atoms with Crippen LogP contribution in [-0.2, 0) is 6.61 Å². The van der Waals surface area contributed by atoms with Crippen LogP contribution in [0.25, 0.3) is 0 Å². The molecule has 1 rings (SSSR count). The number of carboxylic acid groups (broad SMARTS) is 1. The molecule has 4 nitrogen and oxygen atoms in total. The maximum absolute atomic E-state index is 10.3. The Hall–Kier alpha value is -1.13. The van der Waals surface area contributed by atoms with Gasteiger partial charge in [-0.2, -0.15) is 0 Å². The first-order valence-electron chi connectivity index (χ1n) is 3.03. The highest BCUT2D eigenvalue weighted by Crippen LogP contribution is 2.00. The second-order valence-corrected chi connectivity index (χ2v) is 2.01. The number of aliphatic hydroxyl groups is 1. The van der Waals surface area contributed by atoms with E-state index in [0.29, 0.717) is 5.56 Å². The SMILES string of the molecule is Cl.O=C(O)c1cc(CO)ccn1. The van der Waals surface area contributed by atoms with Gasteiger partial charge in [0.1, 0.15) is 5.69 Å². The molecular weight excluding hydrogens is 182 g/mol. The molecule has 12 heavy (non-hydrogen) atoms. The van der Waals surface area contributed by atoms with E-state index in [1.54, 1.807) is 6.07 Å². The molecule has 0 unspecified atom stereocenters. The highest BCUT2D eigenvalue weighted by Gasteiger charge is 2.03. The fourth-order valence-corrected chi connectivity index (χ4v) is 0.690. The first-order chi connectivity index (χ1) is 5.24. The van der Waals surface area contributed by atoms with Gasteiger partial charge in [-0.15, -0.1) is 12.4 Å². The van der Waals surface area contributed by atoms with Crippen LogP contribution in [0, 0.1) is 0 Å². The molecular formula is C7H8ClNO3. The molecule has 1 aromatic rings. The zero-order chi connectivity index (χ0) is 8.27. The van der Waals surface area contributed by atoms with Gasteiger partial charge in [0, 0.05) is 6.20 Å². The quantitative estimate of drug-likeness (QED) is 0.718. The zero-order valence-electron chi connectivity index (χ0n) is 6.10. The highest BCUT2D eigenvalue weighted by molar-refractivity contribution is 5.85. The summed E-state index contributed by atoms with van der Waals surface area (Å²) >= 11 is 0. The number of hydrogen-bond donors (Lipinski definition) is 2. The molecule has 66 valence electrons. The van der Waals surface area contributed by atoms with Gasteiger partial charge in [0.05, 0.1) is 6.61 Å². The Morgan fingerprint density at radius 2 is 2.25 bits per heavy atom. The number of rotatable bonds is 2. The van der Waals surface area contributed by atoms with Gasteiger partial charge in [-0.3, -0.25) is 0 Å². The Morgan fingerprint density at radius 1 is 1.58 bits per heavy atom. The molecule has 0 radical (unpaired) electrons. The molecule has 0 bridgehead atoms. The zero-order valence-corrected chi connectivity index (χ0v) is 6.91. The first kappa shape index (κ1) is 10.9. The summed E-state index contributed by atoms with van der Waals surface area (Å²) in [6, 6.07) is 2.90. The molecule has 0 fully saturated rings. The second-order valence-electron chi connectivity index (χ2n) is 2.01. The maximum Gasteiger partial charge on any atom is 0.354 e. The minimum Gasteiger partial charge on any atom is -0.477 e. The minimum absolute atomic E-state index is 0. The van der Waals surface area contributed by atoms with Crippen LogP contribution in [0.4, 0.5) is 0 Å². The molecule has 0 atom stereocenters. The van der Waals surface area contributed by atoms with E-state index in [1.807, 2.05) is 0 Å². The molecule has 0 aliphatic heterocycles. The third-order valence-corrected chi connectivity index (χ3v) is 1.23. The van der Waals surface area contributed by atoms with Crippen LogP contribution in [0.5, 0.6) is 0 Å². The predicted molar refractivity (Wildman–Crippen MR) is 44.4 cm³/mol. The van der Waals surface area contributed by atoms with Gasteiger partial charge in [-0.1, -0.05) is 0 Å². The Labute approximate surface area is 75.3 Å². The lowest BCUT2D eigenvalue weighted by Gasteiger charge is -1.95. The van der Waals surface area contributed by atoms with Gasteiger partial charge >= 0.3 is 5.97 Å². The first-order valence-corrected chi connectivity index (χ1v) is 3.03. The molecule has 1 heterocycles. The number of carbonyl (C=O) groups is 1. The summed E-state index contributed by atoms with van der Waals surface area (Å²) in [4.78, 5) is 13.9. The second kappa shape index (κ2) is 4.69. The van der Waals surface area contributed by atoms with Crippen LogP contribution >= 0.6 is 12.4 Å². The molecule has 0 aliphatic rings. The Balaban J connectivity index is 0.00000121. The van der Waals surface area contributed by atoms with Gasteiger partial charge in [-0.25, -0.2) is 9.78 Å². The summed E-state index contributed by atoms with van der Waals surface area (Å²) in [5.74, 6) is -1.08. The number of aromatic nitrogens is 1. The van der Waals surface area contributed by atoms with E-state index in [-0.39, 0.29) is 24.7 Å². The van der Waals surface area contributed by atoms with Crippen molar-refractivity contribution in [2.45, 2.75) is 6.61 Å². The fourth-order valence-electron chi connectivity index (χ4n) is 0.690. The molecule has 2 N–H and O–H groups in total. The van der Waals surface area contributed by atoms with Gasteiger partial charge in [0.25, 0.3) is 0 Å². The van der Waals surface area contributed by atoms with Gasteiger partial charge in [-0.05, 0) is 17.7 Å². The van der Waals surface area contributed by atoms with E-state index in [2.05, 4.69) is 4.98 Å². The lowest BCUT2D eigenvalue weighted by Crippen LogP contribution is -2.00. The van der Waals surface area contributed by atoms with Crippen molar-refractivity contribution in [3.63, 3.8) is 0 Å². The minimum atomic E-state index is -1.08. The molecule has 1 aromatic heterocycles. The number of hydrogen-bond acceptors (Lipinski definition) is 3. The maximum atomic E-state index is 10.3. The molecule has 0 aliphatic carbocycles. The standard InChI is InChI=1S/C7H7NO3.ClH/c9-4-5-1-2-8-6(3-5)7(10)11;/h1-3,9H,4H2,(H,10,11);1H. The van der Waals surface area contributed by atoms with Crippen LogP contribution in [0.15, 0.2) is 18.3 Å². The summed E-state index contributed by atoms with van der Waals surface area (Å²) in [6.45, 7) is -0.164. The lowest BCUT2D eigenvalue weighted by atomic mass is 10.2. The molecule has 0 amide bonds. The number of halogens is 1. The Morgan fingerprint density at radius 3 is 2.75 bits per heavy atom. The normalized spacial score (nSPS) is 8.75. The third kappa shape index (κ3) is 2.48. The monoisotopic (exact) mass is 189 g/mol. The predicted octanol–water partition coefficient (Wildman–Crippen LogP) is 0.694. The van der Waals surface area contributed by atoms with Gasteiger partial charge < -0.3 is 10.2 Å². The van der Waals surface area contributed by atoms with Crippen LogP contribution in [-0.4, -0.2) is 21.2 Å². The van der Waals surface area contributed by atoms with Gasteiger partial charge in [0.2, 0.25) is 0 Å². The number of pyridine rings is 1. The number of aliphatic hydroxyl groups excluding tert-OH is 1. The van der Waals surface area contributed by atoms with E-state index >= 15 is 0 Å². The van der Waals surface area contributed by atoms with Crippen molar-refractivity contribution in [3.05, 3.63) is 29.6 Å². The lowest BCUT2D eigenvalue weighted by molar-refractivity contribution is 0.0690. The number of aromatic carboxylic acids is 1. The summed E-state index contributed by atoms with van der Waals surface area (Å²) < 4.78 is 0. The fraction of sp³-hybridized carbons (Fsp3) is 0.143. The summed E-state index contributed by atoms with van der Waals surface area (Å²) in [7, 11) is 0. The molecule has 0 saturated heterocycles. The van der Waals surface area contributed by atoms with Crippen molar-refractivity contribution in [1.29, 1.82) is 0 Å². The van der Waals surface area contributed by atoms with E-state index in [4.69, 9.17) is 10.2 Å². The van der Waals surface area contributed by atoms with E-state index in [0.717, 1.165) is 0 Å². The molecule has 5 heteroatoms. The van der Waals surface area contributed by atoms with E-state index in [1.165, 1.54) is 12.3 Å². The average Bonchev–Trinajstić information content (AvgIpc) is 2.05. The van der Waals surface area contributed by atoms with E-state index < -0.39 is 5.97 Å². The van der Waals surface area contributed by atoms with Crippen molar-refractivity contribution >= 4 is 18.4 Å². The molecule has 0 spiro atoms. The van der Waals surface area contributed by atoms with Crippen LogP contribution < -0.4 is 0 Å². The molecule has 0 saturated carbocycles. The van der Waals surface area contributed by atoms with Crippen molar-refractivity contribution in [3.8, 4) is 0 Å². The summed E-state index contributed by atoms with van der Waals surface area (Å²) in [5, 5.41) is 17.1. The summed E-state index contributed by atoms with van der Waals surface area (Å²) in [6.07, 6.45) is 1.36. The number of carboxylic acids is 1. The van der Waals surface area contributed by atoms with Crippen LogP contribution in [0.3, 0.4) is 0 Å². The third-order valence-electron chi connectivity index (χ3n) is 1.23. The summed E-state index contributed by atoms with van der Waals surface area (Å²) in [5.41, 5.74) is 0.508. The smallest absolute Gasteiger partial charge is 0.354 e. The van der Waals surface area contributed by atoms with Crippen molar-refractivity contribution in [2.24, 2.45) is 0 Å². The average molecular weight is 190 g/mol. The largest absolute Gasteiger partial charge is 0.477 e. The number of nitrogens with zero attached hydrogens (tertiary/aromatic N) is 1. The van der Waals surface area contributed by atoms with Crippen molar-refractivity contribution in [2.75, 3.05) is 0 Å².